The molecule has 4 aromatic rings. The van der Waals surface area contributed by atoms with Crippen LogP contribution in [0.25, 0.3) is 0 Å². The molecule has 0 radical (unpaired) electrons. The van der Waals surface area contributed by atoms with Crippen LogP contribution < -0.4 is 36.1 Å². The van der Waals surface area contributed by atoms with E-state index in [9.17, 15) is 33.9 Å². The fourth-order valence-electron chi connectivity index (χ4n) is 7.02. The number of nitrogens with zero attached hydrogens (tertiary/aromatic N) is 2. The average molecular weight is 880 g/mol. The average Bonchev–Trinajstić information content (AvgIpc) is 3.75. The number of aromatic nitrogens is 1. The molecule has 3 aromatic carbocycles. The smallest absolute Gasteiger partial charge is 0.323 e. The van der Waals surface area contributed by atoms with Crippen LogP contribution in [0.3, 0.4) is 0 Å². The van der Waals surface area contributed by atoms with Crippen molar-refractivity contribution in [3.8, 4) is 11.5 Å². The second-order valence-electron chi connectivity index (χ2n) is 15.4. The third kappa shape index (κ3) is 16.4. The Kier molecular flexibility index (Phi) is 18.9. The van der Waals surface area contributed by atoms with E-state index < -0.39 is 41.9 Å². The number of methoxy groups -OCH3 is 1. The minimum Gasteiger partial charge on any atom is -0.480 e. The normalized spacial score (nSPS) is 12.4. The molecule has 1 aliphatic heterocycles. The molecule has 0 saturated heterocycles. The van der Waals surface area contributed by atoms with Gasteiger partial charge in [-0.1, -0.05) is 48.9 Å². The highest BCUT2D eigenvalue weighted by atomic mass is 16.7. The van der Waals surface area contributed by atoms with Crippen molar-refractivity contribution in [2.24, 2.45) is 0 Å². The van der Waals surface area contributed by atoms with E-state index in [0.717, 1.165) is 24.1 Å². The number of hydrogen-bond acceptors (Lipinski definition) is 11. The molecule has 0 unspecified atom stereocenters. The number of carboxylic acids is 1. The van der Waals surface area contributed by atoms with E-state index in [1.165, 1.54) is 7.11 Å². The Morgan fingerprint density at radius 3 is 2.36 bits per heavy atom. The Bertz CT molecular complexity index is 2190. The SMILES string of the molecule is COC(=O)C[C@H](NC(=O)[C@H](CCCCNC(=O)CCCCCN(CC(=O)O)Cc1ccccn1)NC(=O)Cc1ccc(NC(=O)Nc2ccccc2C)cc1)c1ccc2c(c1)OCO2. The molecule has 0 aliphatic carbocycles. The van der Waals surface area contributed by atoms with Crippen molar-refractivity contribution < 1.29 is 48.1 Å². The molecular weight excluding hydrogens is 823 g/mol. The van der Waals surface area contributed by atoms with Gasteiger partial charge in [-0.2, -0.15) is 0 Å². The van der Waals surface area contributed by atoms with Gasteiger partial charge in [0.15, 0.2) is 11.5 Å². The zero-order valence-corrected chi connectivity index (χ0v) is 36.2. The highest BCUT2D eigenvalue weighted by Crippen LogP contribution is 2.35. The summed E-state index contributed by atoms with van der Waals surface area (Å²) in [6.07, 6.45) is 5.13. The first kappa shape index (κ1) is 48.0. The van der Waals surface area contributed by atoms with Crippen LogP contribution in [0.5, 0.6) is 11.5 Å². The van der Waals surface area contributed by atoms with E-state index in [1.807, 2.05) is 48.2 Å². The molecule has 1 aromatic heterocycles. The lowest BCUT2D eigenvalue weighted by Crippen LogP contribution is -2.48. The maximum atomic E-state index is 14.0. The van der Waals surface area contributed by atoms with Crippen molar-refractivity contribution in [3.05, 3.63) is 114 Å². The van der Waals surface area contributed by atoms with E-state index in [0.29, 0.717) is 79.3 Å². The summed E-state index contributed by atoms with van der Waals surface area (Å²) in [7, 11) is 1.26. The van der Waals surface area contributed by atoms with Gasteiger partial charge in [0.1, 0.15) is 6.04 Å². The third-order valence-electron chi connectivity index (χ3n) is 10.4. The summed E-state index contributed by atoms with van der Waals surface area (Å²) in [6.45, 7) is 3.20. The van der Waals surface area contributed by atoms with E-state index in [1.54, 1.807) is 54.7 Å². The summed E-state index contributed by atoms with van der Waals surface area (Å²) >= 11 is 0. The molecule has 5 rings (SSSR count). The number of hydrogen-bond donors (Lipinski definition) is 6. The molecule has 17 heteroatoms. The number of aryl methyl sites for hydroxylation is 1. The van der Waals surface area contributed by atoms with Crippen LogP contribution in [0.2, 0.25) is 0 Å². The summed E-state index contributed by atoms with van der Waals surface area (Å²) in [5.41, 5.74) is 4.15. The number of para-hydroxylation sites is 1. The van der Waals surface area contributed by atoms with Gasteiger partial charge in [0.25, 0.3) is 0 Å². The van der Waals surface area contributed by atoms with E-state index in [4.69, 9.17) is 14.2 Å². The molecule has 64 heavy (non-hydrogen) atoms. The Hall–Kier alpha value is -7.01. The van der Waals surface area contributed by atoms with Gasteiger partial charge in [-0.25, -0.2) is 4.79 Å². The van der Waals surface area contributed by atoms with Crippen molar-refractivity contribution in [2.45, 2.75) is 83.3 Å². The largest absolute Gasteiger partial charge is 0.480 e. The zero-order chi connectivity index (χ0) is 45.7. The number of aliphatic carboxylic acids is 1. The second-order valence-corrected chi connectivity index (χ2v) is 15.4. The number of anilines is 2. The maximum Gasteiger partial charge on any atom is 0.323 e. The lowest BCUT2D eigenvalue weighted by molar-refractivity contribution is -0.142. The first-order chi connectivity index (χ1) is 30.9. The number of carbonyl (C=O) groups is 6. The van der Waals surface area contributed by atoms with Crippen LogP contribution >= 0.6 is 0 Å². The number of carboxylic acid groups (broad SMARTS) is 1. The summed E-state index contributed by atoms with van der Waals surface area (Å²) in [6, 6.07) is 22.6. The zero-order valence-electron chi connectivity index (χ0n) is 36.2. The molecule has 0 bridgehead atoms. The number of ether oxygens (including phenoxy) is 3. The number of esters is 1. The first-order valence-electron chi connectivity index (χ1n) is 21.3. The molecule has 2 atom stereocenters. The van der Waals surface area contributed by atoms with E-state index in [-0.39, 0.29) is 38.5 Å². The maximum absolute atomic E-state index is 14.0. The number of fused-ring (bicyclic) bond motifs is 1. The van der Waals surface area contributed by atoms with Crippen LogP contribution in [0.1, 0.15) is 79.8 Å². The van der Waals surface area contributed by atoms with Gasteiger partial charge in [0.05, 0.1) is 38.2 Å². The van der Waals surface area contributed by atoms with Gasteiger partial charge >= 0.3 is 18.0 Å². The van der Waals surface area contributed by atoms with Crippen LogP contribution in [0.4, 0.5) is 16.2 Å². The molecule has 0 saturated carbocycles. The van der Waals surface area contributed by atoms with Crippen LogP contribution in [-0.2, 0) is 41.7 Å². The number of rotatable bonds is 25. The Morgan fingerprint density at radius 2 is 1.61 bits per heavy atom. The number of pyridine rings is 1. The summed E-state index contributed by atoms with van der Waals surface area (Å²) < 4.78 is 15.9. The van der Waals surface area contributed by atoms with Gasteiger partial charge in [-0.3, -0.25) is 33.9 Å². The standard InChI is InChI=1S/C47H57N7O10/c1-32-12-5-6-14-37(32)53-47(61)50-35-20-17-33(18-21-35)26-43(56)51-38(46(60)52-39(28-45(59)62-2)34-19-22-40-41(27-34)64-31-63-40)15-8-10-24-49-42(55)16-4-3-11-25-54(30-44(57)58)29-36-13-7-9-23-48-36/h5-7,9,12-14,17-23,27,38-39H,3-4,8,10-11,15-16,24-26,28-31H2,1-2H3,(H,49,55)(H,51,56)(H,52,60)(H,57,58)(H2,50,53,61)/t38-,39-/m0/s1. The predicted molar refractivity (Wildman–Crippen MR) is 238 cm³/mol. The van der Waals surface area contributed by atoms with Gasteiger partial charge in [-0.05, 0) is 105 Å². The fraction of sp³-hybridized carbons (Fsp3) is 0.383. The number of amides is 5. The van der Waals surface area contributed by atoms with Crippen molar-refractivity contribution >= 4 is 47.1 Å². The minimum atomic E-state index is -0.984. The quantitative estimate of drug-likeness (QED) is 0.0351. The topological polar surface area (TPSA) is 227 Å². The van der Waals surface area contributed by atoms with Gasteiger partial charge in [-0.15, -0.1) is 0 Å². The molecule has 0 spiro atoms. The minimum absolute atomic E-state index is 0.0484. The van der Waals surface area contributed by atoms with Crippen LogP contribution in [0.15, 0.2) is 91.1 Å². The lowest BCUT2D eigenvalue weighted by atomic mass is 10.0. The van der Waals surface area contributed by atoms with Crippen LogP contribution in [0, 0.1) is 6.92 Å². The van der Waals surface area contributed by atoms with Crippen LogP contribution in [-0.4, -0.2) is 90.3 Å². The van der Waals surface area contributed by atoms with Crippen molar-refractivity contribution in [1.82, 2.24) is 25.8 Å². The van der Waals surface area contributed by atoms with Crippen molar-refractivity contribution in [2.75, 3.05) is 44.2 Å². The Morgan fingerprint density at radius 1 is 0.828 bits per heavy atom. The second kappa shape index (κ2) is 25.2. The van der Waals surface area contributed by atoms with Gasteiger partial charge in [0, 0.05) is 37.1 Å². The number of benzene rings is 3. The number of unbranched alkanes of at least 4 members (excludes halogenated alkanes) is 3. The van der Waals surface area contributed by atoms with Crippen molar-refractivity contribution in [3.63, 3.8) is 0 Å². The lowest BCUT2D eigenvalue weighted by Gasteiger charge is -2.24. The summed E-state index contributed by atoms with van der Waals surface area (Å²) in [5.74, 6) is -1.48. The number of carbonyl (C=O) groups excluding carboxylic acids is 5. The molecule has 340 valence electrons. The van der Waals surface area contributed by atoms with Crippen molar-refractivity contribution in [1.29, 1.82) is 0 Å². The molecule has 0 fully saturated rings. The molecule has 6 N–H and O–H groups in total. The highest BCUT2D eigenvalue weighted by Gasteiger charge is 2.27. The fourth-order valence-corrected chi connectivity index (χ4v) is 7.02. The van der Waals surface area contributed by atoms with Gasteiger partial charge < -0.3 is 45.9 Å². The van der Waals surface area contributed by atoms with Gasteiger partial charge in [0.2, 0.25) is 24.5 Å². The highest BCUT2D eigenvalue weighted by molar-refractivity contribution is 6.00. The monoisotopic (exact) mass is 879 g/mol. The molecule has 17 nitrogen and oxygen atoms in total. The van der Waals surface area contributed by atoms with E-state index >= 15 is 0 Å². The predicted octanol–water partition coefficient (Wildman–Crippen LogP) is 5.64. The molecular formula is C47H57N7O10. The number of urea groups is 1. The first-order valence-corrected chi connectivity index (χ1v) is 21.3. The Labute approximate surface area is 372 Å². The third-order valence-corrected chi connectivity index (χ3v) is 10.4. The number of nitrogens with one attached hydrogen (secondary N) is 5. The summed E-state index contributed by atoms with van der Waals surface area (Å²) in [4.78, 5) is 82.6. The molecule has 1 aliphatic rings. The Balaban J connectivity index is 1.12. The summed E-state index contributed by atoms with van der Waals surface area (Å²) in [5, 5.41) is 23.6. The van der Waals surface area contributed by atoms with E-state index in [2.05, 4.69) is 31.6 Å². The molecule has 5 amide bonds. The molecule has 2 heterocycles.